The first kappa shape index (κ1) is 9.94. The van der Waals surface area contributed by atoms with Crippen LogP contribution in [0.5, 0.6) is 5.88 Å². The van der Waals surface area contributed by atoms with Crippen LogP contribution in [-0.4, -0.2) is 20.5 Å². The van der Waals surface area contributed by atoms with Crippen molar-refractivity contribution < 1.29 is 13.2 Å². The minimum Gasteiger partial charge on any atom is -0.481 e. The van der Waals surface area contributed by atoms with E-state index in [9.17, 15) is 8.42 Å². The van der Waals surface area contributed by atoms with E-state index in [2.05, 4.69) is 4.98 Å². The van der Waals surface area contributed by atoms with Crippen LogP contribution in [0.3, 0.4) is 0 Å². The second-order valence-electron chi connectivity index (χ2n) is 2.53. The number of hydrogen-bond donors (Lipinski definition) is 1. The summed E-state index contributed by atoms with van der Waals surface area (Å²) in [7, 11) is -2.27. The van der Waals surface area contributed by atoms with Crippen molar-refractivity contribution in [2.45, 2.75) is 11.8 Å². The van der Waals surface area contributed by atoms with Crippen LogP contribution in [0.25, 0.3) is 0 Å². The molecule has 0 saturated heterocycles. The molecule has 2 N–H and O–H groups in total. The van der Waals surface area contributed by atoms with Gasteiger partial charge in [0.1, 0.15) is 0 Å². The van der Waals surface area contributed by atoms with E-state index in [1.807, 2.05) is 0 Å². The lowest BCUT2D eigenvalue weighted by atomic mass is 10.4. The van der Waals surface area contributed by atoms with Gasteiger partial charge in [0.2, 0.25) is 15.9 Å². The number of aryl methyl sites for hydroxylation is 1. The second-order valence-corrected chi connectivity index (χ2v) is 4.09. The summed E-state index contributed by atoms with van der Waals surface area (Å²) in [5.74, 6) is 0.240. The maximum absolute atomic E-state index is 10.9. The number of sulfonamides is 1. The van der Waals surface area contributed by atoms with Gasteiger partial charge in [-0.1, -0.05) is 0 Å². The van der Waals surface area contributed by atoms with Gasteiger partial charge in [-0.2, -0.15) is 0 Å². The molecule has 72 valence electrons. The SMILES string of the molecule is COc1cc(S(N)(=O)=O)cc(C)n1. The van der Waals surface area contributed by atoms with Crippen LogP contribution in [0.15, 0.2) is 17.0 Å². The van der Waals surface area contributed by atoms with Crippen molar-refractivity contribution in [1.82, 2.24) is 4.98 Å². The molecule has 0 bridgehead atoms. The van der Waals surface area contributed by atoms with Crippen LogP contribution in [-0.2, 0) is 10.0 Å². The van der Waals surface area contributed by atoms with Gasteiger partial charge >= 0.3 is 0 Å². The summed E-state index contributed by atoms with van der Waals surface area (Å²) in [6, 6.07) is 2.67. The van der Waals surface area contributed by atoms with Crippen molar-refractivity contribution >= 4 is 10.0 Å². The second kappa shape index (κ2) is 3.31. The largest absolute Gasteiger partial charge is 0.481 e. The number of ether oxygens (including phenoxy) is 1. The van der Waals surface area contributed by atoms with Crippen molar-refractivity contribution in [2.24, 2.45) is 5.14 Å². The number of nitrogens with zero attached hydrogens (tertiary/aromatic N) is 1. The highest BCUT2D eigenvalue weighted by Crippen LogP contribution is 2.14. The Balaban J connectivity index is 3.33. The highest BCUT2D eigenvalue weighted by atomic mass is 32.2. The van der Waals surface area contributed by atoms with E-state index in [1.165, 1.54) is 19.2 Å². The molecule has 1 aromatic rings. The Morgan fingerprint density at radius 3 is 2.54 bits per heavy atom. The summed E-state index contributed by atoms with van der Waals surface area (Å²) in [6.07, 6.45) is 0. The number of methoxy groups -OCH3 is 1. The molecule has 1 aromatic heterocycles. The van der Waals surface area contributed by atoms with E-state index in [0.717, 1.165) is 0 Å². The Hall–Kier alpha value is -1.14. The van der Waals surface area contributed by atoms with Crippen molar-refractivity contribution in [3.05, 3.63) is 17.8 Å². The van der Waals surface area contributed by atoms with Gasteiger partial charge < -0.3 is 4.74 Å². The standard InChI is InChI=1S/C7H10N2O3S/c1-5-3-6(13(8,10)11)4-7(9-5)12-2/h3-4H,1-2H3,(H2,8,10,11). The third kappa shape index (κ3) is 2.40. The van der Waals surface area contributed by atoms with Crippen LogP contribution in [0.1, 0.15) is 5.69 Å². The lowest BCUT2D eigenvalue weighted by Crippen LogP contribution is -2.12. The first-order valence-electron chi connectivity index (χ1n) is 3.49. The molecule has 0 spiro atoms. The van der Waals surface area contributed by atoms with Gasteiger partial charge in [0, 0.05) is 11.8 Å². The number of aromatic nitrogens is 1. The molecule has 0 aliphatic rings. The Bertz CT molecular complexity index is 414. The maximum atomic E-state index is 10.9. The number of hydrogen-bond acceptors (Lipinski definition) is 4. The average molecular weight is 202 g/mol. The Morgan fingerprint density at radius 2 is 2.08 bits per heavy atom. The molecule has 0 atom stereocenters. The number of primary sulfonamides is 1. The summed E-state index contributed by atoms with van der Waals surface area (Å²) < 4.78 is 26.7. The fraction of sp³-hybridized carbons (Fsp3) is 0.286. The molecule has 0 radical (unpaired) electrons. The zero-order valence-electron chi connectivity index (χ0n) is 7.31. The molecule has 1 rings (SSSR count). The monoisotopic (exact) mass is 202 g/mol. The smallest absolute Gasteiger partial charge is 0.238 e. The third-order valence-corrected chi connectivity index (χ3v) is 2.33. The van der Waals surface area contributed by atoms with Crippen LogP contribution < -0.4 is 9.88 Å². The van der Waals surface area contributed by atoms with E-state index in [0.29, 0.717) is 5.69 Å². The molecule has 0 unspecified atom stereocenters. The third-order valence-electron chi connectivity index (χ3n) is 1.44. The van der Waals surface area contributed by atoms with Gasteiger partial charge in [0.15, 0.2) is 0 Å². The first-order chi connectivity index (χ1) is 5.93. The Labute approximate surface area is 76.6 Å². The van der Waals surface area contributed by atoms with E-state index in [4.69, 9.17) is 9.88 Å². The number of nitrogens with two attached hydrogens (primary N) is 1. The summed E-state index contributed by atoms with van der Waals surface area (Å²) >= 11 is 0. The zero-order valence-corrected chi connectivity index (χ0v) is 8.13. The van der Waals surface area contributed by atoms with E-state index < -0.39 is 10.0 Å². The van der Waals surface area contributed by atoms with Gasteiger partial charge in [0.05, 0.1) is 12.0 Å². The number of pyridine rings is 1. The predicted molar refractivity (Wildman–Crippen MR) is 46.9 cm³/mol. The van der Waals surface area contributed by atoms with Crippen molar-refractivity contribution in [2.75, 3.05) is 7.11 Å². The van der Waals surface area contributed by atoms with Crippen LogP contribution in [0.2, 0.25) is 0 Å². The summed E-state index contributed by atoms with van der Waals surface area (Å²) in [5, 5.41) is 4.94. The quantitative estimate of drug-likeness (QED) is 0.734. The predicted octanol–water partition coefficient (Wildman–Crippen LogP) is 0.0460. The normalized spacial score (nSPS) is 11.3. The van der Waals surface area contributed by atoms with Gasteiger partial charge in [-0.05, 0) is 13.0 Å². The van der Waals surface area contributed by atoms with Crippen molar-refractivity contribution in [1.29, 1.82) is 0 Å². The molecule has 5 nitrogen and oxygen atoms in total. The fourth-order valence-electron chi connectivity index (χ4n) is 0.876. The summed E-state index contributed by atoms with van der Waals surface area (Å²) in [4.78, 5) is 3.93. The molecular weight excluding hydrogens is 192 g/mol. The Kier molecular flexibility index (Phi) is 2.53. The fourth-order valence-corrected chi connectivity index (χ4v) is 1.48. The Morgan fingerprint density at radius 1 is 1.46 bits per heavy atom. The first-order valence-corrected chi connectivity index (χ1v) is 5.03. The van der Waals surface area contributed by atoms with Gasteiger partial charge in [0.25, 0.3) is 0 Å². The lowest BCUT2D eigenvalue weighted by molar-refractivity contribution is 0.395. The molecule has 1 heterocycles. The molecule has 0 fully saturated rings. The highest BCUT2D eigenvalue weighted by Gasteiger charge is 2.10. The minimum atomic E-state index is -3.68. The lowest BCUT2D eigenvalue weighted by Gasteiger charge is -2.03. The highest BCUT2D eigenvalue weighted by molar-refractivity contribution is 7.89. The van der Waals surface area contributed by atoms with Gasteiger partial charge in [-0.15, -0.1) is 0 Å². The average Bonchev–Trinajstić information content (AvgIpc) is 2.01. The molecule has 0 aromatic carbocycles. The van der Waals surface area contributed by atoms with Gasteiger partial charge in [-0.25, -0.2) is 18.5 Å². The van der Waals surface area contributed by atoms with E-state index >= 15 is 0 Å². The zero-order chi connectivity index (χ0) is 10.1. The summed E-state index contributed by atoms with van der Waals surface area (Å²) in [6.45, 7) is 1.66. The molecule has 13 heavy (non-hydrogen) atoms. The summed E-state index contributed by atoms with van der Waals surface area (Å²) in [5.41, 5.74) is 0.545. The van der Waals surface area contributed by atoms with Crippen LogP contribution >= 0.6 is 0 Å². The topological polar surface area (TPSA) is 82.3 Å². The minimum absolute atomic E-state index is 0.0110. The molecule has 0 saturated carbocycles. The van der Waals surface area contributed by atoms with E-state index in [1.54, 1.807) is 6.92 Å². The molecule has 0 amide bonds. The van der Waals surface area contributed by atoms with Crippen LogP contribution in [0.4, 0.5) is 0 Å². The maximum Gasteiger partial charge on any atom is 0.238 e. The molecule has 0 aliphatic heterocycles. The number of rotatable bonds is 2. The molecule has 6 heteroatoms. The van der Waals surface area contributed by atoms with Crippen LogP contribution in [0, 0.1) is 6.92 Å². The van der Waals surface area contributed by atoms with Crippen molar-refractivity contribution in [3.63, 3.8) is 0 Å². The van der Waals surface area contributed by atoms with E-state index in [-0.39, 0.29) is 10.8 Å². The van der Waals surface area contributed by atoms with Crippen molar-refractivity contribution in [3.8, 4) is 5.88 Å². The molecular formula is C7H10N2O3S. The van der Waals surface area contributed by atoms with Gasteiger partial charge in [-0.3, -0.25) is 0 Å². The molecule has 0 aliphatic carbocycles.